The van der Waals surface area contributed by atoms with E-state index in [1.165, 1.54) is 0 Å². The van der Waals surface area contributed by atoms with Gasteiger partial charge in [0.25, 0.3) is 0 Å². The van der Waals surface area contributed by atoms with E-state index in [0.29, 0.717) is 11.4 Å². The van der Waals surface area contributed by atoms with Gasteiger partial charge in [-0.1, -0.05) is 13.8 Å². The molecule has 0 spiro atoms. The maximum Gasteiger partial charge on any atom is 0.0568 e. The van der Waals surface area contributed by atoms with Gasteiger partial charge in [0, 0.05) is 11.2 Å². The van der Waals surface area contributed by atoms with Crippen LogP contribution in [0.25, 0.3) is 0 Å². The van der Waals surface area contributed by atoms with Crippen LogP contribution in [-0.4, -0.2) is 5.54 Å². The molecule has 0 saturated carbocycles. The number of hydrogen-bond acceptors (Lipinski definition) is 3. The first-order chi connectivity index (χ1) is 7.00. The third-order valence-electron chi connectivity index (χ3n) is 3.09. The maximum atomic E-state index is 5.76. The summed E-state index contributed by atoms with van der Waals surface area (Å²) in [6.45, 7) is 6.56. The normalized spacial score (nSPS) is 11.4. The number of benzene rings is 1. The fourth-order valence-electron chi connectivity index (χ4n) is 1.43. The number of hydrogen-bond donors (Lipinski definition) is 3. The summed E-state index contributed by atoms with van der Waals surface area (Å²) >= 11 is 0. The van der Waals surface area contributed by atoms with Crippen LogP contribution < -0.4 is 16.8 Å². The van der Waals surface area contributed by atoms with E-state index in [1.807, 2.05) is 18.2 Å². The van der Waals surface area contributed by atoms with Gasteiger partial charge in [-0.05, 0) is 38.0 Å². The molecule has 0 atom stereocenters. The Bertz CT molecular complexity index is 330. The van der Waals surface area contributed by atoms with Crippen LogP contribution in [0.2, 0.25) is 0 Å². The van der Waals surface area contributed by atoms with Crippen LogP contribution in [0.3, 0.4) is 0 Å². The summed E-state index contributed by atoms with van der Waals surface area (Å²) in [7, 11) is 0. The lowest BCUT2D eigenvalue weighted by molar-refractivity contribution is 0.478. The molecule has 0 radical (unpaired) electrons. The Morgan fingerprint density at radius 2 is 1.73 bits per heavy atom. The minimum Gasteiger partial charge on any atom is -0.397 e. The quantitative estimate of drug-likeness (QED) is 0.665. The van der Waals surface area contributed by atoms with Gasteiger partial charge in [0.2, 0.25) is 0 Å². The largest absolute Gasteiger partial charge is 0.397 e. The van der Waals surface area contributed by atoms with Gasteiger partial charge in [0.15, 0.2) is 0 Å². The zero-order valence-electron chi connectivity index (χ0n) is 9.80. The molecule has 84 valence electrons. The lowest BCUT2D eigenvalue weighted by Gasteiger charge is -2.29. The molecule has 3 heteroatoms. The van der Waals surface area contributed by atoms with Crippen molar-refractivity contribution in [2.24, 2.45) is 0 Å². The second-order valence-electron chi connectivity index (χ2n) is 4.24. The third-order valence-corrected chi connectivity index (χ3v) is 3.09. The lowest BCUT2D eigenvalue weighted by Crippen LogP contribution is -2.32. The van der Waals surface area contributed by atoms with Crippen molar-refractivity contribution in [2.75, 3.05) is 16.8 Å². The summed E-state index contributed by atoms with van der Waals surface area (Å²) in [6.07, 6.45) is 2.15. The monoisotopic (exact) mass is 207 g/mol. The van der Waals surface area contributed by atoms with Crippen molar-refractivity contribution in [3.63, 3.8) is 0 Å². The van der Waals surface area contributed by atoms with Crippen molar-refractivity contribution >= 4 is 17.1 Å². The molecule has 0 unspecified atom stereocenters. The van der Waals surface area contributed by atoms with Crippen molar-refractivity contribution < 1.29 is 0 Å². The molecule has 1 aromatic carbocycles. The SMILES string of the molecule is CCC(C)(CC)Nc1ccc(N)c(N)c1. The van der Waals surface area contributed by atoms with Crippen LogP contribution in [0.1, 0.15) is 33.6 Å². The van der Waals surface area contributed by atoms with Crippen LogP contribution in [0.5, 0.6) is 0 Å². The van der Waals surface area contributed by atoms with Gasteiger partial charge in [-0.15, -0.1) is 0 Å². The fraction of sp³-hybridized carbons (Fsp3) is 0.500. The van der Waals surface area contributed by atoms with E-state index in [1.54, 1.807) is 0 Å². The number of nitrogens with one attached hydrogen (secondary N) is 1. The maximum absolute atomic E-state index is 5.76. The molecule has 1 rings (SSSR count). The Morgan fingerprint density at radius 1 is 1.13 bits per heavy atom. The predicted molar refractivity (Wildman–Crippen MR) is 67.9 cm³/mol. The zero-order valence-corrected chi connectivity index (χ0v) is 9.80. The summed E-state index contributed by atoms with van der Waals surface area (Å²) in [5.74, 6) is 0. The van der Waals surface area contributed by atoms with Gasteiger partial charge in [-0.3, -0.25) is 0 Å². The van der Waals surface area contributed by atoms with Gasteiger partial charge in [-0.2, -0.15) is 0 Å². The van der Waals surface area contributed by atoms with Crippen molar-refractivity contribution in [2.45, 2.75) is 39.2 Å². The van der Waals surface area contributed by atoms with Crippen LogP contribution >= 0.6 is 0 Å². The van der Waals surface area contributed by atoms with Gasteiger partial charge in [0.05, 0.1) is 11.4 Å². The van der Waals surface area contributed by atoms with Gasteiger partial charge >= 0.3 is 0 Å². The summed E-state index contributed by atoms with van der Waals surface area (Å²) in [4.78, 5) is 0. The molecule has 0 heterocycles. The second kappa shape index (κ2) is 4.43. The van der Waals surface area contributed by atoms with Crippen LogP contribution in [0, 0.1) is 0 Å². The van der Waals surface area contributed by atoms with E-state index in [4.69, 9.17) is 11.5 Å². The van der Waals surface area contributed by atoms with E-state index in [9.17, 15) is 0 Å². The first-order valence-electron chi connectivity index (χ1n) is 5.44. The van der Waals surface area contributed by atoms with Crippen LogP contribution in [-0.2, 0) is 0 Å². The Labute approximate surface area is 91.9 Å². The molecule has 15 heavy (non-hydrogen) atoms. The van der Waals surface area contributed by atoms with Gasteiger partial charge in [-0.25, -0.2) is 0 Å². The van der Waals surface area contributed by atoms with E-state index in [-0.39, 0.29) is 5.54 Å². The molecule has 0 amide bonds. The minimum atomic E-state index is 0.128. The fourth-order valence-corrected chi connectivity index (χ4v) is 1.43. The lowest BCUT2D eigenvalue weighted by atomic mass is 9.95. The van der Waals surface area contributed by atoms with Crippen molar-refractivity contribution in [1.29, 1.82) is 0 Å². The van der Waals surface area contributed by atoms with Gasteiger partial charge < -0.3 is 16.8 Å². The van der Waals surface area contributed by atoms with E-state index < -0.39 is 0 Å². The average molecular weight is 207 g/mol. The minimum absolute atomic E-state index is 0.128. The summed E-state index contributed by atoms with van der Waals surface area (Å²) < 4.78 is 0. The molecule has 0 fully saturated rings. The summed E-state index contributed by atoms with van der Waals surface area (Å²) in [6, 6.07) is 5.69. The van der Waals surface area contributed by atoms with Crippen LogP contribution in [0.4, 0.5) is 17.1 Å². The Kier molecular flexibility index (Phi) is 3.45. The van der Waals surface area contributed by atoms with Crippen LogP contribution in [0.15, 0.2) is 18.2 Å². The van der Waals surface area contributed by atoms with E-state index in [0.717, 1.165) is 18.5 Å². The van der Waals surface area contributed by atoms with E-state index in [2.05, 4.69) is 26.1 Å². The highest BCUT2D eigenvalue weighted by molar-refractivity contribution is 5.69. The Hall–Kier alpha value is -1.38. The van der Waals surface area contributed by atoms with Gasteiger partial charge in [0.1, 0.15) is 0 Å². The molecule has 0 aliphatic carbocycles. The van der Waals surface area contributed by atoms with E-state index >= 15 is 0 Å². The number of nitrogens with two attached hydrogens (primary N) is 2. The highest BCUT2D eigenvalue weighted by Gasteiger charge is 2.18. The predicted octanol–water partition coefficient (Wildman–Crippen LogP) is 2.84. The molecule has 5 N–H and O–H groups in total. The van der Waals surface area contributed by atoms with Crippen molar-refractivity contribution in [1.82, 2.24) is 0 Å². The molecule has 3 nitrogen and oxygen atoms in total. The highest BCUT2D eigenvalue weighted by Crippen LogP contribution is 2.25. The molecule has 0 saturated heterocycles. The smallest absolute Gasteiger partial charge is 0.0568 e. The zero-order chi connectivity index (χ0) is 11.5. The molecule has 0 aliphatic rings. The number of rotatable bonds is 4. The molecule has 0 aliphatic heterocycles. The summed E-state index contributed by atoms with van der Waals surface area (Å²) in [5, 5.41) is 3.49. The number of nitrogen functional groups attached to an aromatic ring is 2. The Balaban J connectivity index is 2.85. The highest BCUT2D eigenvalue weighted by atomic mass is 15.0. The molecule has 0 bridgehead atoms. The first kappa shape index (κ1) is 11.7. The molecular formula is C12H21N3. The topological polar surface area (TPSA) is 64.1 Å². The molecular weight excluding hydrogens is 186 g/mol. The average Bonchev–Trinajstić information content (AvgIpc) is 2.23. The number of anilines is 3. The molecule has 1 aromatic rings. The molecule has 0 aromatic heterocycles. The summed E-state index contributed by atoms with van der Waals surface area (Å²) in [5.41, 5.74) is 13.9. The Morgan fingerprint density at radius 3 is 2.20 bits per heavy atom. The van der Waals surface area contributed by atoms with Crippen molar-refractivity contribution in [3.05, 3.63) is 18.2 Å². The standard InChI is InChI=1S/C12H21N3/c1-4-12(3,5-2)15-9-6-7-10(13)11(14)8-9/h6-8,15H,4-5,13-14H2,1-3H3. The third kappa shape index (κ3) is 2.78. The van der Waals surface area contributed by atoms with Crippen molar-refractivity contribution in [3.8, 4) is 0 Å². The second-order valence-corrected chi connectivity index (χ2v) is 4.24. The first-order valence-corrected chi connectivity index (χ1v) is 5.44.